The summed E-state index contributed by atoms with van der Waals surface area (Å²) >= 11 is 0. The van der Waals surface area contributed by atoms with Crippen LogP contribution in [0.4, 0.5) is 0 Å². The van der Waals surface area contributed by atoms with E-state index in [-0.39, 0.29) is 30.6 Å². The summed E-state index contributed by atoms with van der Waals surface area (Å²) < 4.78 is 5.26. The first-order valence-corrected chi connectivity index (χ1v) is 9.53. The zero-order valence-corrected chi connectivity index (χ0v) is 20.0. The van der Waals surface area contributed by atoms with E-state index in [2.05, 4.69) is 48.2 Å². The normalized spacial score (nSPS) is 11.5. The molecule has 0 spiro atoms. The number of hydrogen-bond acceptors (Lipinski definition) is 4. The maximum atomic E-state index is 10.7. The number of guanidine groups is 1. The highest BCUT2D eigenvalue weighted by Crippen LogP contribution is 2.12. The fraction of sp³-hybridized carbons (Fsp3) is 0.600. The number of halogens is 1. The SMILES string of the molecule is CN=C(NCCc1ccc(OCC(N)=O)cc1)NCCN(C(C)C)C(C)C.I. The lowest BCUT2D eigenvalue weighted by atomic mass is 10.1. The molecule has 0 fully saturated rings. The van der Waals surface area contributed by atoms with Crippen LogP contribution in [-0.2, 0) is 11.2 Å². The molecule has 7 nitrogen and oxygen atoms in total. The Kier molecular flexibility index (Phi) is 13.6. The minimum Gasteiger partial charge on any atom is -0.484 e. The van der Waals surface area contributed by atoms with Gasteiger partial charge in [-0.15, -0.1) is 24.0 Å². The third-order valence-corrected chi connectivity index (χ3v) is 4.22. The molecule has 0 heterocycles. The van der Waals surface area contributed by atoms with Crippen molar-refractivity contribution in [2.75, 3.05) is 33.3 Å². The summed E-state index contributed by atoms with van der Waals surface area (Å²) in [6.45, 7) is 11.4. The van der Waals surface area contributed by atoms with Gasteiger partial charge in [-0.25, -0.2) is 0 Å². The number of ether oxygens (including phenoxy) is 1. The fourth-order valence-corrected chi connectivity index (χ4v) is 2.87. The highest BCUT2D eigenvalue weighted by atomic mass is 127. The molecule has 28 heavy (non-hydrogen) atoms. The van der Waals surface area contributed by atoms with Crippen LogP contribution in [0.1, 0.15) is 33.3 Å². The zero-order chi connectivity index (χ0) is 20.2. The molecule has 0 saturated carbocycles. The molecule has 1 aromatic carbocycles. The van der Waals surface area contributed by atoms with Gasteiger partial charge in [-0.2, -0.15) is 0 Å². The van der Waals surface area contributed by atoms with Crippen LogP contribution in [0.5, 0.6) is 5.75 Å². The van der Waals surface area contributed by atoms with Gasteiger partial charge >= 0.3 is 0 Å². The number of aliphatic imine (C=N–C) groups is 1. The number of carbonyl (C=O) groups excluding carboxylic acids is 1. The number of amides is 1. The van der Waals surface area contributed by atoms with Crippen molar-refractivity contribution >= 4 is 35.8 Å². The third kappa shape index (κ3) is 10.7. The summed E-state index contributed by atoms with van der Waals surface area (Å²) in [6.07, 6.45) is 0.862. The minimum atomic E-state index is -0.480. The van der Waals surface area contributed by atoms with Crippen molar-refractivity contribution in [3.63, 3.8) is 0 Å². The summed E-state index contributed by atoms with van der Waals surface area (Å²) in [5.41, 5.74) is 6.24. The second-order valence-electron chi connectivity index (χ2n) is 7.00. The monoisotopic (exact) mass is 505 g/mol. The fourth-order valence-electron chi connectivity index (χ4n) is 2.87. The number of benzene rings is 1. The number of carbonyl (C=O) groups is 1. The van der Waals surface area contributed by atoms with Gasteiger partial charge in [0.1, 0.15) is 5.75 Å². The topological polar surface area (TPSA) is 92.0 Å². The van der Waals surface area contributed by atoms with E-state index < -0.39 is 5.91 Å². The molecule has 160 valence electrons. The van der Waals surface area contributed by atoms with Crippen molar-refractivity contribution in [1.82, 2.24) is 15.5 Å². The maximum Gasteiger partial charge on any atom is 0.255 e. The average Bonchev–Trinajstić information content (AvgIpc) is 2.62. The Morgan fingerprint density at radius 3 is 2.18 bits per heavy atom. The average molecular weight is 505 g/mol. The highest BCUT2D eigenvalue weighted by molar-refractivity contribution is 14.0. The largest absolute Gasteiger partial charge is 0.484 e. The minimum absolute atomic E-state index is 0. The molecule has 1 aromatic rings. The lowest BCUT2D eigenvalue weighted by Gasteiger charge is -2.30. The van der Waals surface area contributed by atoms with Gasteiger partial charge in [-0.3, -0.25) is 14.7 Å². The first-order chi connectivity index (χ1) is 12.8. The van der Waals surface area contributed by atoms with Crippen molar-refractivity contribution in [3.8, 4) is 5.75 Å². The Hall–Kier alpha value is -1.55. The predicted molar refractivity (Wildman–Crippen MR) is 127 cm³/mol. The second-order valence-corrected chi connectivity index (χ2v) is 7.00. The van der Waals surface area contributed by atoms with Crippen molar-refractivity contribution in [2.45, 2.75) is 46.2 Å². The Morgan fingerprint density at radius 1 is 1.11 bits per heavy atom. The molecule has 1 amide bonds. The van der Waals surface area contributed by atoms with E-state index >= 15 is 0 Å². The molecule has 8 heteroatoms. The van der Waals surface area contributed by atoms with Crippen LogP contribution in [0, 0.1) is 0 Å². The zero-order valence-electron chi connectivity index (χ0n) is 17.7. The van der Waals surface area contributed by atoms with Crippen molar-refractivity contribution in [2.24, 2.45) is 10.7 Å². The van der Waals surface area contributed by atoms with Gasteiger partial charge in [-0.05, 0) is 51.8 Å². The number of nitrogens with zero attached hydrogens (tertiary/aromatic N) is 2. The van der Waals surface area contributed by atoms with Crippen molar-refractivity contribution in [3.05, 3.63) is 29.8 Å². The van der Waals surface area contributed by atoms with Gasteiger partial charge in [0.2, 0.25) is 0 Å². The van der Waals surface area contributed by atoms with E-state index in [0.717, 1.165) is 32.0 Å². The van der Waals surface area contributed by atoms with Crippen LogP contribution < -0.4 is 21.1 Å². The van der Waals surface area contributed by atoms with Gasteiger partial charge in [0, 0.05) is 38.8 Å². The number of nitrogens with two attached hydrogens (primary N) is 1. The van der Waals surface area contributed by atoms with Crippen LogP contribution in [0.25, 0.3) is 0 Å². The summed E-state index contributed by atoms with van der Waals surface area (Å²) in [4.78, 5) is 17.4. The molecule has 0 unspecified atom stereocenters. The van der Waals surface area contributed by atoms with Crippen molar-refractivity contribution < 1.29 is 9.53 Å². The lowest BCUT2D eigenvalue weighted by molar-refractivity contribution is -0.119. The highest BCUT2D eigenvalue weighted by Gasteiger charge is 2.12. The van der Waals surface area contributed by atoms with E-state index in [1.807, 2.05) is 24.3 Å². The quantitative estimate of drug-likeness (QED) is 0.243. The molecule has 0 atom stereocenters. The summed E-state index contributed by atoms with van der Waals surface area (Å²) in [5.74, 6) is 0.971. The number of rotatable bonds is 11. The van der Waals surface area contributed by atoms with Gasteiger partial charge in [0.15, 0.2) is 12.6 Å². The number of nitrogens with one attached hydrogen (secondary N) is 2. The summed E-state index contributed by atoms with van der Waals surface area (Å²) in [7, 11) is 1.78. The Balaban J connectivity index is 0.00000729. The van der Waals surface area contributed by atoms with E-state index in [1.165, 1.54) is 5.56 Å². The number of hydrogen-bond donors (Lipinski definition) is 3. The maximum absolute atomic E-state index is 10.7. The second kappa shape index (κ2) is 14.4. The van der Waals surface area contributed by atoms with E-state index in [4.69, 9.17) is 10.5 Å². The molecule has 0 aliphatic rings. The first kappa shape index (κ1) is 26.4. The smallest absolute Gasteiger partial charge is 0.255 e. The molecule has 0 bridgehead atoms. The van der Waals surface area contributed by atoms with E-state index in [1.54, 1.807) is 7.05 Å². The molecular weight excluding hydrogens is 469 g/mol. The van der Waals surface area contributed by atoms with Gasteiger partial charge < -0.3 is 21.1 Å². The molecule has 4 N–H and O–H groups in total. The van der Waals surface area contributed by atoms with Crippen LogP contribution in [-0.4, -0.2) is 62.1 Å². The Morgan fingerprint density at radius 2 is 1.68 bits per heavy atom. The van der Waals surface area contributed by atoms with Crippen molar-refractivity contribution in [1.29, 1.82) is 0 Å². The molecule has 0 saturated heterocycles. The van der Waals surface area contributed by atoms with Crippen LogP contribution in [0.2, 0.25) is 0 Å². The summed E-state index contributed by atoms with van der Waals surface area (Å²) in [5, 5.41) is 6.70. The van der Waals surface area contributed by atoms with Gasteiger partial charge in [0.25, 0.3) is 5.91 Å². The van der Waals surface area contributed by atoms with Gasteiger partial charge in [-0.1, -0.05) is 12.1 Å². The molecule has 0 aliphatic carbocycles. The van der Waals surface area contributed by atoms with E-state index in [9.17, 15) is 4.79 Å². The standard InChI is InChI=1S/C20H35N5O2.HI/c1-15(2)25(16(3)4)13-12-24-20(22-5)23-11-10-17-6-8-18(9-7-17)27-14-19(21)26;/h6-9,15-16H,10-14H2,1-5H3,(H2,21,26)(H2,22,23,24);1H. The Bertz CT molecular complexity index is 583. The lowest BCUT2D eigenvalue weighted by Crippen LogP contribution is -2.45. The van der Waals surface area contributed by atoms with Crippen LogP contribution in [0.15, 0.2) is 29.3 Å². The predicted octanol–water partition coefficient (Wildman–Crippen LogP) is 2.00. The summed E-state index contributed by atoms with van der Waals surface area (Å²) in [6, 6.07) is 8.71. The van der Waals surface area contributed by atoms with E-state index in [0.29, 0.717) is 17.8 Å². The number of primary amides is 1. The molecule has 0 radical (unpaired) electrons. The van der Waals surface area contributed by atoms with Gasteiger partial charge in [0.05, 0.1) is 0 Å². The molecular formula is C20H36IN5O2. The molecule has 0 aliphatic heterocycles. The van der Waals surface area contributed by atoms with Crippen LogP contribution in [0.3, 0.4) is 0 Å². The Labute approximate surface area is 186 Å². The molecule has 0 aromatic heterocycles. The third-order valence-electron chi connectivity index (χ3n) is 4.22. The van der Waals surface area contributed by atoms with Crippen LogP contribution >= 0.6 is 24.0 Å². The molecule has 1 rings (SSSR count). The first-order valence-electron chi connectivity index (χ1n) is 9.53.